The number of aromatic amines is 1. The van der Waals surface area contributed by atoms with Gasteiger partial charge in [0.05, 0.1) is 11.9 Å². The van der Waals surface area contributed by atoms with Crippen LogP contribution in [-0.4, -0.2) is 23.6 Å². The maximum Gasteiger partial charge on any atom is 0.106 e. The summed E-state index contributed by atoms with van der Waals surface area (Å²) in [6, 6.07) is 2.11. The van der Waals surface area contributed by atoms with E-state index in [0.717, 1.165) is 30.9 Å². The second-order valence-electron chi connectivity index (χ2n) is 3.46. The Morgan fingerprint density at radius 1 is 1.53 bits per heavy atom. The Kier molecular flexibility index (Phi) is 3.53. The molecule has 15 heavy (non-hydrogen) atoms. The maximum atomic E-state index is 4.37. The number of nitrogens with zero attached hydrogens (tertiary/aromatic N) is 1. The Balaban J connectivity index is 1.98. The summed E-state index contributed by atoms with van der Waals surface area (Å²) in [6.45, 7) is 1.04. The number of H-pyrrole nitrogens is 1. The van der Waals surface area contributed by atoms with E-state index in [1.165, 1.54) is 5.56 Å². The second kappa shape index (κ2) is 5.09. The van der Waals surface area contributed by atoms with E-state index in [1.54, 1.807) is 11.3 Å². The molecule has 0 spiro atoms. The molecule has 2 rings (SSSR count). The van der Waals surface area contributed by atoms with Crippen molar-refractivity contribution in [1.29, 1.82) is 0 Å². The molecule has 80 valence electrons. The molecular weight excluding hydrogens is 206 g/mol. The number of rotatable bonds is 5. The molecule has 0 saturated heterocycles. The highest BCUT2D eigenvalue weighted by Crippen LogP contribution is 2.19. The largest absolute Gasteiger partial charge is 0.342 e. The average Bonchev–Trinajstić information content (AvgIpc) is 2.87. The van der Waals surface area contributed by atoms with Crippen LogP contribution in [0.1, 0.15) is 12.2 Å². The predicted molar refractivity (Wildman–Crippen MR) is 64.1 cm³/mol. The lowest BCUT2D eigenvalue weighted by atomic mass is 10.3. The molecule has 3 nitrogen and oxygen atoms in total. The van der Waals surface area contributed by atoms with E-state index in [2.05, 4.69) is 32.1 Å². The molecule has 0 atom stereocenters. The summed E-state index contributed by atoms with van der Waals surface area (Å²) in [5.41, 5.74) is 2.35. The minimum atomic E-state index is 1.00. The van der Waals surface area contributed by atoms with E-state index in [0.29, 0.717) is 0 Å². The van der Waals surface area contributed by atoms with Crippen molar-refractivity contribution in [3.05, 3.63) is 28.8 Å². The van der Waals surface area contributed by atoms with Crippen LogP contribution in [0.4, 0.5) is 0 Å². The number of aromatic nitrogens is 2. The quantitative estimate of drug-likeness (QED) is 0.761. The topological polar surface area (TPSA) is 40.7 Å². The highest BCUT2D eigenvalue weighted by Gasteiger charge is 2.02. The van der Waals surface area contributed by atoms with E-state index in [9.17, 15) is 0 Å². The first-order chi connectivity index (χ1) is 7.40. The third-order valence-electron chi connectivity index (χ3n) is 2.30. The fraction of sp³-hybridized carbons (Fsp3) is 0.364. The number of aryl methyl sites for hydroxylation is 1. The van der Waals surface area contributed by atoms with Crippen molar-refractivity contribution in [3.63, 3.8) is 0 Å². The molecular formula is C11H15N3S. The van der Waals surface area contributed by atoms with Crippen molar-refractivity contribution in [2.75, 3.05) is 13.6 Å². The van der Waals surface area contributed by atoms with Crippen molar-refractivity contribution in [2.45, 2.75) is 12.8 Å². The Hall–Kier alpha value is -1.13. The van der Waals surface area contributed by atoms with Gasteiger partial charge in [-0.1, -0.05) is 0 Å². The fourth-order valence-corrected chi connectivity index (χ4v) is 2.14. The molecule has 2 N–H and O–H groups in total. The van der Waals surface area contributed by atoms with Crippen LogP contribution in [0.5, 0.6) is 0 Å². The monoisotopic (exact) mass is 221 g/mol. The number of nitrogens with one attached hydrogen (secondary N) is 2. The van der Waals surface area contributed by atoms with Crippen molar-refractivity contribution < 1.29 is 0 Å². The summed E-state index contributed by atoms with van der Waals surface area (Å²) in [5.74, 6) is 1.08. The van der Waals surface area contributed by atoms with Crippen molar-refractivity contribution in [3.8, 4) is 11.3 Å². The van der Waals surface area contributed by atoms with Gasteiger partial charge in [-0.05, 0) is 31.5 Å². The summed E-state index contributed by atoms with van der Waals surface area (Å²) < 4.78 is 0. The summed E-state index contributed by atoms with van der Waals surface area (Å²) in [7, 11) is 1.97. The van der Waals surface area contributed by atoms with E-state index >= 15 is 0 Å². The average molecular weight is 221 g/mol. The van der Waals surface area contributed by atoms with Gasteiger partial charge in [-0.3, -0.25) is 0 Å². The van der Waals surface area contributed by atoms with Gasteiger partial charge in [0.2, 0.25) is 0 Å². The molecule has 0 unspecified atom stereocenters. The molecule has 2 aromatic rings. The maximum absolute atomic E-state index is 4.37. The number of thiophene rings is 1. The van der Waals surface area contributed by atoms with Gasteiger partial charge in [-0.2, -0.15) is 11.3 Å². The minimum absolute atomic E-state index is 1.00. The van der Waals surface area contributed by atoms with Crippen LogP contribution >= 0.6 is 11.3 Å². The molecule has 0 aliphatic carbocycles. The number of hydrogen-bond acceptors (Lipinski definition) is 3. The highest BCUT2D eigenvalue weighted by atomic mass is 32.1. The lowest BCUT2D eigenvalue weighted by Gasteiger charge is -1.96. The normalized spacial score (nSPS) is 10.7. The molecule has 0 fully saturated rings. The van der Waals surface area contributed by atoms with Crippen LogP contribution in [0.15, 0.2) is 23.0 Å². The zero-order valence-corrected chi connectivity index (χ0v) is 9.60. The van der Waals surface area contributed by atoms with Crippen LogP contribution in [0.25, 0.3) is 11.3 Å². The van der Waals surface area contributed by atoms with Gasteiger partial charge in [0, 0.05) is 17.4 Å². The summed E-state index contributed by atoms with van der Waals surface area (Å²) in [5, 5.41) is 7.34. The van der Waals surface area contributed by atoms with Crippen molar-refractivity contribution in [1.82, 2.24) is 15.3 Å². The SMILES string of the molecule is CNCCCc1ncc(-c2ccsc2)[nH]1. The van der Waals surface area contributed by atoms with Gasteiger partial charge in [-0.15, -0.1) is 0 Å². The third kappa shape index (κ3) is 2.67. The first-order valence-electron chi connectivity index (χ1n) is 5.11. The molecule has 0 radical (unpaired) electrons. The van der Waals surface area contributed by atoms with Crippen LogP contribution in [0.2, 0.25) is 0 Å². The Morgan fingerprint density at radius 2 is 2.47 bits per heavy atom. The molecule has 0 saturated carbocycles. The zero-order valence-electron chi connectivity index (χ0n) is 8.79. The van der Waals surface area contributed by atoms with Crippen molar-refractivity contribution >= 4 is 11.3 Å². The molecule has 0 aromatic carbocycles. The molecule has 4 heteroatoms. The van der Waals surface area contributed by atoms with Gasteiger partial charge in [0.1, 0.15) is 5.82 Å². The lowest BCUT2D eigenvalue weighted by Crippen LogP contribution is -2.08. The molecule has 0 amide bonds. The van der Waals surface area contributed by atoms with E-state index in [4.69, 9.17) is 0 Å². The highest BCUT2D eigenvalue weighted by molar-refractivity contribution is 7.08. The molecule has 0 aliphatic heterocycles. The van der Waals surface area contributed by atoms with Crippen LogP contribution < -0.4 is 5.32 Å². The van der Waals surface area contributed by atoms with Crippen LogP contribution in [0, 0.1) is 0 Å². The Labute approximate surface area is 93.6 Å². The predicted octanol–water partition coefficient (Wildman–Crippen LogP) is 2.29. The van der Waals surface area contributed by atoms with Gasteiger partial charge in [0.25, 0.3) is 0 Å². The first-order valence-corrected chi connectivity index (χ1v) is 6.05. The molecule has 2 heterocycles. The fourth-order valence-electron chi connectivity index (χ4n) is 1.49. The Bertz CT molecular complexity index is 392. The van der Waals surface area contributed by atoms with Crippen LogP contribution in [-0.2, 0) is 6.42 Å². The van der Waals surface area contributed by atoms with E-state index in [-0.39, 0.29) is 0 Å². The van der Waals surface area contributed by atoms with Crippen LogP contribution in [0.3, 0.4) is 0 Å². The summed E-state index contributed by atoms with van der Waals surface area (Å²) >= 11 is 1.71. The Morgan fingerprint density at radius 3 is 3.20 bits per heavy atom. The van der Waals surface area contributed by atoms with E-state index in [1.807, 2.05) is 13.2 Å². The van der Waals surface area contributed by atoms with Gasteiger partial charge >= 0.3 is 0 Å². The third-order valence-corrected chi connectivity index (χ3v) is 2.98. The molecule has 2 aromatic heterocycles. The number of hydrogen-bond donors (Lipinski definition) is 2. The first kappa shape index (κ1) is 10.4. The van der Waals surface area contributed by atoms with Gasteiger partial charge in [-0.25, -0.2) is 4.98 Å². The van der Waals surface area contributed by atoms with Gasteiger partial charge in [0.15, 0.2) is 0 Å². The summed E-state index contributed by atoms with van der Waals surface area (Å²) in [6.07, 6.45) is 4.04. The van der Waals surface area contributed by atoms with E-state index < -0.39 is 0 Å². The summed E-state index contributed by atoms with van der Waals surface area (Å²) in [4.78, 5) is 7.71. The standard InChI is InChI=1S/C11H15N3S/c1-12-5-2-3-11-13-7-10(14-11)9-4-6-15-8-9/h4,6-8,12H,2-3,5H2,1H3,(H,13,14). The zero-order chi connectivity index (χ0) is 10.5. The number of imidazole rings is 1. The molecule has 0 aliphatic rings. The molecule has 0 bridgehead atoms. The minimum Gasteiger partial charge on any atom is -0.342 e. The second-order valence-corrected chi connectivity index (χ2v) is 4.24. The van der Waals surface area contributed by atoms with Gasteiger partial charge < -0.3 is 10.3 Å². The lowest BCUT2D eigenvalue weighted by molar-refractivity contribution is 0.707. The van der Waals surface area contributed by atoms with Crippen molar-refractivity contribution in [2.24, 2.45) is 0 Å². The smallest absolute Gasteiger partial charge is 0.106 e.